The third-order valence-corrected chi connectivity index (χ3v) is 5.34. The molecule has 0 radical (unpaired) electrons. The van der Waals surface area contributed by atoms with Crippen LogP contribution in [-0.4, -0.2) is 37.0 Å². The Kier molecular flexibility index (Phi) is 7.32. The highest BCUT2D eigenvalue weighted by molar-refractivity contribution is 9.10. The van der Waals surface area contributed by atoms with Crippen molar-refractivity contribution >= 4 is 63.1 Å². The first-order valence-corrected chi connectivity index (χ1v) is 10.6. The van der Waals surface area contributed by atoms with E-state index in [-0.39, 0.29) is 30.2 Å². The van der Waals surface area contributed by atoms with Gasteiger partial charge in [-0.25, -0.2) is 14.5 Å². The third kappa shape index (κ3) is 5.17. The zero-order valence-electron chi connectivity index (χ0n) is 17.1. The van der Waals surface area contributed by atoms with Crippen LogP contribution in [0, 0.1) is 6.92 Å². The number of ether oxygens (including phenoxy) is 2. The molecule has 0 saturated carbocycles. The van der Waals surface area contributed by atoms with Crippen molar-refractivity contribution < 1.29 is 28.7 Å². The van der Waals surface area contributed by atoms with Gasteiger partial charge in [-0.15, -0.1) is 0 Å². The molecule has 0 aliphatic carbocycles. The van der Waals surface area contributed by atoms with E-state index in [1.807, 2.05) is 0 Å². The highest BCUT2D eigenvalue weighted by Gasteiger charge is 2.37. The molecule has 3 rings (SSSR count). The zero-order valence-corrected chi connectivity index (χ0v) is 19.5. The van der Waals surface area contributed by atoms with Gasteiger partial charge in [0.2, 0.25) is 0 Å². The summed E-state index contributed by atoms with van der Waals surface area (Å²) in [6.07, 6.45) is 1.29. The summed E-state index contributed by atoms with van der Waals surface area (Å²) in [5.41, 5.74) is 1.04. The van der Waals surface area contributed by atoms with Gasteiger partial charge in [-0.1, -0.05) is 33.6 Å². The van der Waals surface area contributed by atoms with Crippen LogP contribution in [0.1, 0.15) is 18.1 Å². The average Bonchev–Trinajstić information content (AvgIpc) is 2.73. The van der Waals surface area contributed by atoms with Crippen LogP contribution in [0.2, 0.25) is 5.02 Å². The number of urea groups is 1. The Bertz CT molecular complexity index is 1150. The Balaban J connectivity index is 1.98. The second-order valence-corrected chi connectivity index (χ2v) is 7.99. The molecule has 166 valence electrons. The summed E-state index contributed by atoms with van der Waals surface area (Å²) in [5.74, 6) is -1.99. The van der Waals surface area contributed by atoms with E-state index in [1.165, 1.54) is 12.1 Å². The van der Waals surface area contributed by atoms with Gasteiger partial charge in [0, 0.05) is 15.1 Å². The van der Waals surface area contributed by atoms with Gasteiger partial charge >= 0.3 is 12.0 Å². The lowest BCUT2D eigenvalue weighted by atomic mass is 10.1. The minimum absolute atomic E-state index is 0.209. The number of carbonyl (C=O) groups is 4. The summed E-state index contributed by atoms with van der Waals surface area (Å²) in [6.45, 7) is 3.32. The number of imide groups is 2. The van der Waals surface area contributed by atoms with Crippen LogP contribution in [0.25, 0.3) is 6.08 Å². The van der Waals surface area contributed by atoms with Gasteiger partial charge in [-0.05, 0) is 55.8 Å². The van der Waals surface area contributed by atoms with E-state index in [0.717, 1.165) is 10.5 Å². The second-order valence-electron chi connectivity index (χ2n) is 6.67. The van der Waals surface area contributed by atoms with E-state index in [0.29, 0.717) is 15.1 Å². The first-order chi connectivity index (χ1) is 15.2. The third-order valence-electron chi connectivity index (χ3n) is 4.44. The molecule has 1 aliphatic heterocycles. The average molecular weight is 522 g/mol. The molecular weight excluding hydrogens is 504 g/mol. The summed E-state index contributed by atoms with van der Waals surface area (Å²) < 4.78 is 11.0. The van der Waals surface area contributed by atoms with Gasteiger partial charge in [-0.3, -0.25) is 14.9 Å². The molecule has 1 aliphatic rings. The highest BCUT2D eigenvalue weighted by Crippen LogP contribution is 2.29. The Labute approximate surface area is 197 Å². The predicted octanol–water partition coefficient (Wildman–Crippen LogP) is 4.02. The van der Waals surface area contributed by atoms with E-state index < -0.39 is 23.8 Å². The van der Waals surface area contributed by atoms with Gasteiger partial charge < -0.3 is 9.47 Å². The quantitative estimate of drug-likeness (QED) is 0.350. The molecule has 1 saturated heterocycles. The number of benzene rings is 2. The van der Waals surface area contributed by atoms with E-state index >= 15 is 0 Å². The Morgan fingerprint density at radius 1 is 1.19 bits per heavy atom. The molecule has 10 heteroatoms. The van der Waals surface area contributed by atoms with Crippen LogP contribution >= 0.6 is 27.5 Å². The van der Waals surface area contributed by atoms with Gasteiger partial charge in [0.05, 0.1) is 12.3 Å². The van der Waals surface area contributed by atoms with E-state index in [2.05, 4.69) is 21.2 Å². The number of nitrogens with zero attached hydrogens (tertiary/aromatic N) is 1. The molecule has 8 nitrogen and oxygen atoms in total. The topological polar surface area (TPSA) is 102 Å². The maximum atomic E-state index is 13.1. The molecule has 1 heterocycles. The van der Waals surface area contributed by atoms with Crippen LogP contribution in [0.5, 0.6) is 5.75 Å². The minimum Gasteiger partial charge on any atom is -0.481 e. The molecule has 1 fully saturated rings. The summed E-state index contributed by atoms with van der Waals surface area (Å²) >= 11 is 9.46. The van der Waals surface area contributed by atoms with Gasteiger partial charge in [-0.2, -0.15) is 0 Å². The molecule has 32 heavy (non-hydrogen) atoms. The number of barbiturate groups is 1. The number of aryl methyl sites for hydroxylation is 1. The fourth-order valence-electron chi connectivity index (χ4n) is 2.87. The number of halogens is 2. The van der Waals surface area contributed by atoms with Crippen LogP contribution < -0.4 is 15.0 Å². The Morgan fingerprint density at radius 2 is 1.94 bits per heavy atom. The smallest absolute Gasteiger partial charge is 0.344 e. The van der Waals surface area contributed by atoms with Crippen LogP contribution in [-0.2, 0) is 19.1 Å². The van der Waals surface area contributed by atoms with Crippen molar-refractivity contribution in [2.24, 2.45) is 0 Å². The number of hydrogen-bond acceptors (Lipinski definition) is 6. The van der Waals surface area contributed by atoms with E-state index in [1.54, 1.807) is 44.2 Å². The largest absolute Gasteiger partial charge is 0.481 e. The highest BCUT2D eigenvalue weighted by atomic mass is 79.9. The summed E-state index contributed by atoms with van der Waals surface area (Å²) in [4.78, 5) is 50.4. The number of amides is 4. The van der Waals surface area contributed by atoms with Crippen LogP contribution in [0.3, 0.4) is 0 Å². The second kappa shape index (κ2) is 9.97. The fourth-order valence-corrected chi connectivity index (χ4v) is 3.42. The first-order valence-electron chi connectivity index (χ1n) is 9.46. The van der Waals surface area contributed by atoms with Crippen molar-refractivity contribution in [2.75, 3.05) is 18.1 Å². The Hall–Kier alpha value is -3.17. The molecule has 2 aromatic rings. The number of anilines is 1. The molecule has 1 N–H and O–H groups in total. The van der Waals surface area contributed by atoms with Crippen LogP contribution in [0.4, 0.5) is 10.5 Å². The number of carbonyl (C=O) groups excluding carboxylic acids is 4. The van der Waals surface area contributed by atoms with E-state index in [4.69, 9.17) is 21.1 Å². The molecular formula is C22H18BrClN2O6. The van der Waals surface area contributed by atoms with Crippen molar-refractivity contribution in [3.8, 4) is 5.75 Å². The normalized spacial score (nSPS) is 15.1. The molecule has 2 aromatic carbocycles. The van der Waals surface area contributed by atoms with E-state index in [9.17, 15) is 19.2 Å². The van der Waals surface area contributed by atoms with Crippen molar-refractivity contribution in [2.45, 2.75) is 13.8 Å². The summed E-state index contributed by atoms with van der Waals surface area (Å²) in [6, 6.07) is 8.66. The number of nitrogens with one attached hydrogen (secondary N) is 1. The molecule has 0 bridgehead atoms. The van der Waals surface area contributed by atoms with Crippen LogP contribution in [0.15, 0.2) is 46.4 Å². The summed E-state index contributed by atoms with van der Waals surface area (Å²) in [5, 5.41) is 2.52. The molecule has 0 unspecified atom stereocenters. The molecule has 4 amide bonds. The standard InChI is InChI=1S/C22H18BrClN2O6/c1-3-31-19(27)11-32-18-7-5-14(23)8-13(18)9-16-20(28)25-22(30)26(21(16)29)15-6-4-12(2)17(24)10-15/h4-10H,3,11H2,1-2H3,(H,25,28,30)/b16-9-. The maximum absolute atomic E-state index is 13.1. The predicted molar refractivity (Wildman–Crippen MR) is 121 cm³/mol. The Morgan fingerprint density at radius 3 is 2.62 bits per heavy atom. The molecule has 0 aromatic heterocycles. The number of esters is 1. The lowest BCUT2D eigenvalue weighted by Gasteiger charge is -2.26. The molecule has 0 atom stereocenters. The lowest BCUT2D eigenvalue weighted by molar-refractivity contribution is -0.145. The van der Waals surface area contributed by atoms with Crippen molar-refractivity contribution in [3.05, 3.63) is 62.6 Å². The van der Waals surface area contributed by atoms with Gasteiger partial charge in [0.15, 0.2) is 6.61 Å². The van der Waals surface area contributed by atoms with Gasteiger partial charge in [0.1, 0.15) is 11.3 Å². The number of hydrogen-bond donors (Lipinski definition) is 1. The molecule has 0 spiro atoms. The van der Waals surface area contributed by atoms with Gasteiger partial charge in [0.25, 0.3) is 11.8 Å². The van der Waals surface area contributed by atoms with Crippen molar-refractivity contribution in [3.63, 3.8) is 0 Å². The van der Waals surface area contributed by atoms with Crippen molar-refractivity contribution in [1.82, 2.24) is 5.32 Å². The monoisotopic (exact) mass is 520 g/mol. The minimum atomic E-state index is -0.884. The fraction of sp³-hybridized carbons (Fsp3) is 0.182. The first kappa shape index (κ1) is 23.5. The maximum Gasteiger partial charge on any atom is 0.344 e. The summed E-state index contributed by atoms with van der Waals surface area (Å²) in [7, 11) is 0. The number of rotatable bonds is 6. The van der Waals surface area contributed by atoms with Crippen molar-refractivity contribution in [1.29, 1.82) is 0 Å². The zero-order chi connectivity index (χ0) is 23.4. The lowest BCUT2D eigenvalue weighted by Crippen LogP contribution is -2.54. The SMILES string of the molecule is CCOC(=O)COc1ccc(Br)cc1/C=C1/C(=O)NC(=O)N(c2ccc(C)c(Cl)c2)C1=O.